The molecule has 1 amide bonds. The maximum absolute atomic E-state index is 13.6. The molecule has 0 spiro atoms. The Kier molecular flexibility index (Phi) is 5.04. The molecule has 25 heavy (non-hydrogen) atoms. The SMILES string of the molecule is Cc1ccc(CNc2ccnc(C(=O)Nc3ccccc3F)c2)cc1. The number of aromatic nitrogens is 1. The highest BCUT2D eigenvalue weighted by molar-refractivity contribution is 6.03. The van der Waals surface area contributed by atoms with Crippen LogP contribution in [0, 0.1) is 12.7 Å². The summed E-state index contributed by atoms with van der Waals surface area (Å²) in [4.78, 5) is 16.3. The van der Waals surface area contributed by atoms with E-state index in [4.69, 9.17) is 0 Å². The fraction of sp³-hybridized carbons (Fsp3) is 0.100. The number of hydrogen-bond donors (Lipinski definition) is 2. The third-order valence-electron chi connectivity index (χ3n) is 3.73. The highest BCUT2D eigenvalue weighted by Gasteiger charge is 2.10. The number of pyridine rings is 1. The van der Waals surface area contributed by atoms with Crippen LogP contribution >= 0.6 is 0 Å². The Morgan fingerprint density at radius 2 is 1.84 bits per heavy atom. The summed E-state index contributed by atoms with van der Waals surface area (Å²) in [6, 6.07) is 17.7. The molecule has 0 aliphatic heterocycles. The van der Waals surface area contributed by atoms with Crippen LogP contribution in [0.4, 0.5) is 15.8 Å². The number of benzene rings is 2. The van der Waals surface area contributed by atoms with Crippen molar-refractivity contribution in [2.75, 3.05) is 10.6 Å². The average Bonchev–Trinajstić information content (AvgIpc) is 2.63. The standard InChI is InChI=1S/C20H18FN3O/c1-14-6-8-15(9-7-14)13-23-16-10-11-22-19(12-16)20(25)24-18-5-3-2-4-17(18)21/h2-12H,13H2,1H3,(H,22,23)(H,24,25). The van der Waals surface area contributed by atoms with Crippen molar-refractivity contribution in [2.45, 2.75) is 13.5 Å². The Bertz CT molecular complexity index is 878. The van der Waals surface area contributed by atoms with Crippen molar-refractivity contribution in [3.63, 3.8) is 0 Å². The molecule has 4 nitrogen and oxygen atoms in total. The van der Waals surface area contributed by atoms with E-state index in [0.29, 0.717) is 6.54 Å². The van der Waals surface area contributed by atoms with Crippen LogP contribution < -0.4 is 10.6 Å². The molecule has 0 bridgehead atoms. The van der Waals surface area contributed by atoms with Gasteiger partial charge in [0.2, 0.25) is 0 Å². The van der Waals surface area contributed by atoms with Gasteiger partial charge in [-0.05, 0) is 36.8 Å². The van der Waals surface area contributed by atoms with Gasteiger partial charge in [0.15, 0.2) is 0 Å². The molecular formula is C20H18FN3O. The van der Waals surface area contributed by atoms with Gasteiger partial charge in [-0.2, -0.15) is 0 Å². The lowest BCUT2D eigenvalue weighted by molar-refractivity contribution is 0.102. The first-order valence-electron chi connectivity index (χ1n) is 7.93. The molecule has 0 radical (unpaired) electrons. The summed E-state index contributed by atoms with van der Waals surface area (Å²) in [7, 11) is 0. The number of nitrogens with one attached hydrogen (secondary N) is 2. The molecule has 1 heterocycles. The highest BCUT2D eigenvalue weighted by atomic mass is 19.1. The topological polar surface area (TPSA) is 54.0 Å². The Morgan fingerprint density at radius 1 is 1.08 bits per heavy atom. The number of amides is 1. The Morgan fingerprint density at radius 3 is 2.60 bits per heavy atom. The Labute approximate surface area is 145 Å². The zero-order valence-electron chi connectivity index (χ0n) is 13.8. The number of carbonyl (C=O) groups excluding carboxylic acids is 1. The first kappa shape index (κ1) is 16.6. The molecule has 0 fully saturated rings. The fourth-order valence-corrected chi connectivity index (χ4v) is 2.32. The largest absolute Gasteiger partial charge is 0.381 e. The Hall–Kier alpha value is -3.21. The average molecular weight is 335 g/mol. The lowest BCUT2D eigenvalue weighted by Crippen LogP contribution is -2.15. The summed E-state index contributed by atoms with van der Waals surface area (Å²) in [5, 5.41) is 5.79. The van der Waals surface area contributed by atoms with Crippen LogP contribution in [-0.4, -0.2) is 10.9 Å². The molecule has 0 saturated heterocycles. The van der Waals surface area contributed by atoms with E-state index in [2.05, 4.69) is 39.9 Å². The van der Waals surface area contributed by atoms with Crippen molar-refractivity contribution in [1.29, 1.82) is 0 Å². The van der Waals surface area contributed by atoms with E-state index in [0.717, 1.165) is 11.3 Å². The zero-order chi connectivity index (χ0) is 17.6. The number of anilines is 2. The van der Waals surface area contributed by atoms with Gasteiger partial charge in [0, 0.05) is 18.4 Å². The first-order chi connectivity index (χ1) is 12.1. The van der Waals surface area contributed by atoms with E-state index in [1.165, 1.54) is 17.7 Å². The van der Waals surface area contributed by atoms with Gasteiger partial charge in [0.05, 0.1) is 5.69 Å². The van der Waals surface area contributed by atoms with Gasteiger partial charge in [-0.3, -0.25) is 9.78 Å². The minimum Gasteiger partial charge on any atom is -0.381 e. The molecule has 1 aromatic heterocycles. The predicted molar refractivity (Wildman–Crippen MR) is 97.1 cm³/mol. The monoisotopic (exact) mass is 335 g/mol. The molecule has 0 aliphatic carbocycles. The van der Waals surface area contributed by atoms with E-state index >= 15 is 0 Å². The van der Waals surface area contributed by atoms with E-state index < -0.39 is 11.7 Å². The molecule has 2 aromatic carbocycles. The van der Waals surface area contributed by atoms with Gasteiger partial charge < -0.3 is 10.6 Å². The quantitative estimate of drug-likeness (QED) is 0.727. The lowest BCUT2D eigenvalue weighted by Gasteiger charge is -2.09. The van der Waals surface area contributed by atoms with Crippen LogP contribution in [-0.2, 0) is 6.54 Å². The highest BCUT2D eigenvalue weighted by Crippen LogP contribution is 2.15. The van der Waals surface area contributed by atoms with Crippen molar-refractivity contribution in [3.05, 3.63) is 89.5 Å². The van der Waals surface area contributed by atoms with Crippen molar-refractivity contribution in [3.8, 4) is 0 Å². The minimum atomic E-state index is -0.482. The number of halogens is 1. The summed E-state index contributed by atoms with van der Waals surface area (Å²) < 4.78 is 13.6. The summed E-state index contributed by atoms with van der Waals surface area (Å²) in [5.41, 5.74) is 3.47. The van der Waals surface area contributed by atoms with Crippen LogP contribution in [0.1, 0.15) is 21.6 Å². The second-order valence-corrected chi connectivity index (χ2v) is 5.70. The molecular weight excluding hydrogens is 317 g/mol. The van der Waals surface area contributed by atoms with Crippen LogP contribution in [0.5, 0.6) is 0 Å². The number of hydrogen-bond acceptors (Lipinski definition) is 3. The summed E-state index contributed by atoms with van der Waals surface area (Å²) in [5.74, 6) is -0.936. The Balaban J connectivity index is 1.67. The van der Waals surface area contributed by atoms with Gasteiger partial charge in [-0.15, -0.1) is 0 Å². The van der Waals surface area contributed by atoms with E-state index in [-0.39, 0.29) is 11.4 Å². The van der Waals surface area contributed by atoms with E-state index in [9.17, 15) is 9.18 Å². The molecule has 2 N–H and O–H groups in total. The second kappa shape index (κ2) is 7.57. The third-order valence-corrected chi connectivity index (χ3v) is 3.73. The molecule has 0 saturated carbocycles. The van der Waals surface area contributed by atoms with Crippen molar-refractivity contribution in [1.82, 2.24) is 4.98 Å². The molecule has 126 valence electrons. The molecule has 3 rings (SSSR count). The predicted octanol–water partition coefficient (Wildman–Crippen LogP) is 4.39. The van der Waals surface area contributed by atoms with Crippen molar-refractivity contribution >= 4 is 17.3 Å². The molecule has 5 heteroatoms. The summed E-state index contributed by atoms with van der Waals surface area (Å²) >= 11 is 0. The molecule has 3 aromatic rings. The van der Waals surface area contributed by atoms with Gasteiger partial charge in [-0.25, -0.2) is 4.39 Å². The van der Waals surface area contributed by atoms with Gasteiger partial charge in [0.25, 0.3) is 5.91 Å². The van der Waals surface area contributed by atoms with E-state index in [1.807, 2.05) is 6.92 Å². The maximum atomic E-state index is 13.6. The fourth-order valence-electron chi connectivity index (χ4n) is 2.32. The molecule has 0 atom stereocenters. The minimum absolute atomic E-state index is 0.132. The number of aryl methyl sites for hydroxylation is 1. The van der Waals surface area contributed by atoms with Crippen molar-refractivity contribution in [2.24, 2.45) is 0 Å². The zero-order valence-corrected chi connectivity index (χ0v) is 13.8. The summed E-state index contributed by atoms with van der Waals surface area (Å²) in [6.45, 7) is 2.68. The number of rotatable bonds is 5. The number of para-hydroxylation sites is 1. The maximum Gasteiger partial charge on any atom is 0.274 e. The lowest BCUT2D eigenvalue weighted by atomic mass is 10.1. The van der Waals surface area contributed by atoms with Crippen LogP contribution in [0.25, 0.3) is 0 Å². The molecule has 0 unspecified atom stereocenters. The number of nitrogens with zero attached hydrogens (tertiary/aromatic N) is 1. The second-order valence-electron chi connectivity index (χ2n) is 5.70. The van der Waals surface area contributed by atoms with Gasteiger partial charge in [-0.1, -0.05) is 42.0 Å². The summed E-state index contributed by atoms with van der Waals surface area (Å²) in [6.07, 6.45) is 1.55. The van der Waals surface area contributed by atoms with Gasteiger partial charge in [0.1, 0.15) is 11.5 Å². The van der Waals surface area contributed by atoms with Crippen LogP contribution in [0.15, 0.2) is 66.9 Å². The normalized spacial score (nSPS) is 10.3. The molecule has 0 aliphatic rings. The first-order valence-corrected chi connectivity index (χ1v) is 7.93. The number of carbonyl (C=O) groups is 1. The smallest absolute Gasteiger partial charge is 0.274 e. The van der Waals surface area contributed by atoms with Crippen LogP contribution in [0.3, 0.4) is 0 Å². The van der Waals surface area contributed by atoms with E-state index in [1.54, 1.807) is 30.5 Å². The van der Waals surface area contributed by atoms with Crippen molar-refractivity contribution < 1.29 is 9.18 Å². The third kappa shape index (κ3) is 4.41. The van der Waals surface area contributed by atoms with Gasteiger partial charge >= 0.3 is 0 Å². The van der Waals surface area contributed by atoms with Crippen LogP contribution in [0.2, 0.25) is 0 Å².